The van der Waals surface area contributed by atoms with Crippen molar-refractivity contribution in [3.63, 3.8) is 0 Å². The van der Waals surface area contributed by atoms with Crippen molar-refractivity contribution < 1.29 is 4.74 Å². The van der Waals surface area contributed by atoms with E-state index in [4.69, 9.17) is 16.3 Å². The van der Waals surface area contributed by atoms with Crippen LogP contribution in [0.2, 0.25) is 5.02 Å². The molecule has 0 radical (unpaired) electrons. The number of nitrogens with zero attached hydrogens (tertiary/aromatic N) is 1. The van der Waals surface area contributed by atoms with Gasteiger partial charge in [-0.05, 0) is 25.0 Å². The number of methoxy groups -OCH3 is 1. The number of benzene rings is 1. The summed E-state index contributed by atoms with van der Waals surface area (Å²) in [7, 11) is 1.70. The van der Waals surface area contributed by atoms with E-state index in [0.29, 0.717) is 6.04 Å². The van der Waals surface area contributed by atoms with E-state index in [2.05, 4.69) is 23.2 Å². The molecule has 1 aliphatic rings. The van der Waals surface area contributed by atoms with Crippen LogP contribution in [-0.2, 0) is 0 Å². The van der Waals surface area contributed by atoms with Crippen LogP contribution in [0.15, 0.2) is 12.1 Å². The summed E-state index contributed by atoms with van der Waals surface area (Å²) in [6.07, 6.45) is 2.42. The predicted molar refractivity (Wildman–Crippen MR) is 81.7 cm³/mol. The summed E-state index contributed by atoms with van der Waals surface area (Å²) in [6, 6.07) is 4.62. The van der Waals surface area contributed by atoms with Gasteiger partial charge in [0.05, 0.1) is 12.8 Å². The number of nitrogens with one attached hydrogen (secondary N) is 1. The quantitative estimate of drug-likeness (QED) is 0.918. The molecular weight excluding hydrogens is 260 g/mol. The van der Waals surface area contributed by atoms with E-state index in [9.17, 15) is 0 Å². The summed E-state index contributed by atoms with van der Waals surface area (Å²) in [4.78, 5) is 2.40. The number of rotatable bonds is 4. The summed E-state index contributed by atoms with van der Waals surface area (Å²) in [5.41, 5.74) is 2.26. The smallest absolute Gasteiger partial charge is 0.143 e. The Morgan fingerprint density at radius 1 is 1.47 bits per heavy atom. The van der Waals surface area contributed by atoms with Crippen LogP contribution in [0.5, 0.6) is 5.75 Å². The van der Waals surface area contributed by atoms with Gasteiger partial charge in [-0.2, -0.15) is 0 Å². The number of halogens is 1. The van der Waals surface area contributed by atoms with Crippen LogP contribution in [0.1, 0.15) is 25.3 Å². The molecule has 0 saturated carbocycles. The van der Waals surface area contributed by atoms with Crippen LogP contribution in [0.4, 0.5) is 5.69 Å². The van der Waals surface area contributed by atoms with E-state index in [1.807, 2.05) is 13.0 Å². The molecule has 1 N–H and O–H groups in total. The SMILES string of the molecule is CCCC1CN(c2cc(C)c(Cl)cc2OC)CCN1. The van der Waals surface area contributed by atoms with Crippen molar-refractivity contribution in [3.8, 4) is 5.75 Å². The monoisotopic (exact) mass is 282 g/mol. The van der Waals surface area contributed by atoms with Gasteiger partial charge in [0.1, 0.15) is 5.75 Å². The molecule has 1 aromatic carbocycles. The molecule has 19 heavy (non-hydrogen) atoms. The van der Waals surface area contributed by atoms with Gasteiger partial charge in [0.2, 0.25) is 0 Å². The van der Waals surface area contributed by atoms with Crippen molar-refractivity contribution in [1.82, 2.24) is 5.32 Å². The molecule has 106 valence electrons. The van der Waals surface area contributed by atoms with E-state index in [-0.39, 0.29) is 0 Å². The summed E-state index contributed by atoms with van der Waals surface area (Å²) in [5.74, 6) is 0.868. The van der Waals surface area contributed by atoms with Crippen LogP contribution in [-0.4, -0.2) is 32.8 Å². The summed E-state index contributed by atoms with van der Waals surface area (Å²) in [5, 5.41) is 4.34. The third kappa shape index (κ3) is 3.34. The maximum Gasteiger partial charge on any atom is 0.143 e. The lowest BCUT2D eigenvalue weighted by molar-refractivity contribution is 0.402. The number of hydrogen-bond acceptors (Lipinski definition) is 3. The van der Waals surface area contributed by atoms with Gasteiger partial charge >= 0.3 is 0 Å². The molecule has 0 aliphatic carbocycles. The van der Waals surface area contributed by atoms with Gasteiger partial charge in [0.25, 0.3) is 0 Å². The number of anilines is 1. The lowest BCUT2D eigenvalue weighted by atomic mass is 10.1. The van der Waals surface area contributed by atoms with Gasteiger partial charge in [0, 0.05) is 36.8 Å². The molecule has 1 atom stereocenters. The maximum absolute atomic E-state index is 6.17. The minimum Gasteiger partial charge on any atom is -0.495 e. The number of ether oxygens (including phenoxy) is 1. The van der Waals surface area contributed by atoms with Gasteiger partial charge in [-0.25, -0.2) is 0 Å². The molecule has 3 nitrogen and oxygen atoms in total. The van der Waals surface area contributed by atoms with Gasteiger partial charge in [-0.15, -0.1) is 0 Å². The van der Waals surface area contributed by atoms with Crippen molar-refractivity contribution >= 4 is 17.3 Å². The number of piperazine rings is 1. The average Bonchev–Trinajstić information content (AvgIpc) is 2.42. The molecule has 1 aliphatic heterocycles. The molecule has 0 bridgehead atoms. The van der Waals surface area contributed by atoms with Gasteiger partial charge in [-0.3, -0.25) is 0 Å². The molecular formula is C15H23ClN2O. The Kier molecular flexibility index (Phi) is 4.94. The third-order valence-corrected chi connectivity index (χ3v) is 4.10. The summed E-state index contributed by atoms with van der Waals surface area (Å²) in [6.45, 7) is 7.34. The lowest BCUT2D eigenvalue weighted by Crippen LogP contribution is -2.50. The molecule has 2 rings (SSSR count). The van der Waals surface area contributed by atoms with Crippen LogP contribution >= 0.6 is 11.6 Å². The highest BCUT2D eigenvalue weighted by atomic mass is 35.5. The fourth-order valence-corrected chi connectivity index (χ4v) is 2.80. The number of aryl methyl sites for hydroxylation is 1. The number of hydrogen-bond donors (Lipinski definition) is 1. The van der Waals surface area contributed by atoms with Crippen molar-refractivity contribution in [2.24, 2.45) is 0 Å². The summed E-state index contributed by atoms with van der Waals surface area (Å²) >= 11 is 6.17. The molecule has 1 fully saturated rings. The van der Waals surface area contributed by atoms with Gasteiger partial charge < -0.3 is 15.0 Å². The first-order valence-electron chi connectivity index (χ1n) is 6.98. The Morgan fingerprint density at radius 2 is 2.26 bits per heavy atom. The van der Waals surface area contributed by atoms with E-state index in [1.54, 1.807) is 7.11 Å². The zero-order chi connectivity index (χ0) is 13.8. The fourth-order valence-electron chi connectivity index (χ4n) is 2.64. The second-order valence-electron chi connectivity index (χ2n) is 5.16. The molecule has 0 aromatic heterocycles. The topological polar surface area (TPSA) is 24.5 Å². The molecule has 0 spiro atoms. The minimum atomic E-state index is 0.569. The minimum absolute atomic E-state index is 0.569. The second kappa shape index (κ2) is 6.49. The Balaban J connectivity index is 2.22. The van der Waals surface area contributed by atoms with E-state index in [1.165, 1.54) is 12.8 Å². The van der Waals surface area contributed by atoms with Crippen LogP contribution < -0.4 is 15.0 Å². The van der Waals surface area contributed by atoms with E-state index in [0.717, 1.165) is 41.7 Å². The largest absolute Gasteiger partial charge is 0.495 e. The summed E-state index contributed by atoms with van der Waals surface area (Å²) < 4.78 is 5.48. The molecule has 4 heteroatoms. The maximum atomic E-state index is 6.17. The Morgan fingerprint density at radius 3 is 2.95 bits per heavy atom. The predicted octanol–water partition coefficient (Wildman–Crippen LogP) is 3.24. The Bertz CT molecular complexity index is 434. The highest BCUT2D eigenvalue weighted by Crippen LogP contribution is 2.34. The molecule has 1 heterocycles. The van der Waals surface area contributed by atoms with Crippen molar-refractivity contribution in [2.45, 2.75) is 32.7 Å². The van der Waals surface area contributed by atoms with E-state index >= 15 is 0 Å². The van der Waals surface area contributed by atoms with Crippen molar-refractivity contribution in [2.75, 3.05) is 31.6 Å². The first-order valence-corrected chi connectivity index (χ1v) is 7.36. The standard InChI is InChI=1S/C15H23ClN2O/c1-4-5-12-10-18(7-6-17-12)14-8-11(2)13(16)9-15(14)19-3/h8-9,12,17H,4-7,10H2,1-3H3. The molecule has 1 aromatic rings. The van der Waals surface area contributed by atoms with Crippen LogP contribution in [0.3, 0.4) is 0 Å². The van der Waals surface area contributed by atoms with Gasteiger partial charge in [0.15, 0.2) is 0 Å². The zero-order valence-corrected chi connectivity index (χ0v) is 12.8. The Hall–Kier alpha value is -0.930. The van der Waals surface area contributed by atoms with Crippen molar-refractivity contribution in [3.05, 3.63) is 22.7 Å². The zero-order valence-electron chi connectivity index (χ0n) is 12.0. The highest BCUT2D eigenvalue weighted by molar-refractivity contribution is 6.31. The first-order chi connectivity index (χ1) is 9.15. The average molecular weight is 283 g/mol. The van der Waals surface area contributed by atoms with Gasteiger partial charge in [-0.1, -0.05) is 24.9 Å². The fraction of sp³-hybridized carbons (Fsp3) is 0.600. The lowest BCUT2D eigenvalue weighted by Gasteiger charge is -2.36. The van der Waals surface area contributed by atoms with Crippen LogP contribution in [0.25, 0.3) is 0 Å². The molecule has 1 unspecified atom stereocenters. The van der Waals surface area contributed by atoms with Crippen molar-refractivity contribution in [1.29, 1.82) is 0 Å². The Labute approximate surface area is 120 Å². The molecule has 0 amide bonds. The highest BCUT2D eigenvalue weighted by Gasteiger charge is 2.21. The second-order valence-corrected chi connectivity index (χ2v) is 5.57. The first kappa shape index (κ1) is 14.5. The normalized spacial score (nSPS) is 19.6. The van der Waals surface area contributed by atoms with Crippen LogP contribution in [0, 0.1) is 6.92 Å². The van der Waals surface area contributed by atoms with E-state index < -0.39 is 0 Å². The third-order valence-electron chi connectivity index (χ3n) is 3.69. The molecule has 1 saturated heterocycles.